The summed E-state index contributed by atoms with van der Waals surface area (Å²) in [6.45, 7) is 12.7. The first kappa shape index (κ1) is 21.3. The Morgan fingerprint density at radius 1 is 1.04 bits per heavy atom. The zero-order valence-electron chi connectivity index (χ0n) is 17.1. The molecule has 0 spiro atoms. The van der Waals surface area contributed by atoms with Crippen molar-refractivity contribution in [2.45, 2.75) is 58.1 Å². The van der Waals surface area contributed by atoms with Gasteiger partial charge < -0.3 is 9.22 Å². The summed E-state index contributed by atoms with van der Waals surface area (Å²) in [6, 6.07) is 20.9. The summed E-state index contributed by atoms with van der Waals surface area (Å²) in [6.07, 6.45) is 3.14. The van der Waals surface area contributed by atoms with E-state index in [1.807, 2.05) is 19.1 Å². The molecule has 0 unspecified atom stereocenters. The van der Waals surface area contributed by atoms with Crippen LogP contribution in [-0.2, 0) is 9.22 Å². The van der Waals surface area contributed by atoms with Crippen molar-refractivity contribution in [3.05, 3.63) is 72.8 Å². The van der Waals surface area contributed by atoms with Gasteiger partial charge in [-0.3, -0.25) is 0 Å². The lowest BCUT2D eigenvalue weighted by molar-refractivity contribution is -0.114. The van der Waals surface area contributed by atoms with Gasteiger partial charge in [0.1, 0.15) is 12.4 Å². The number of hydrogen-bond donors (Lipinski definition) is 0. The minimum absolute atomic E-state index is 0.120. The van der Waals surface area contributed by atoms with E-state index in [9.17, 15) is 4.79 Å². The Hall–Kier alpha value is -1.97. The molecule has 0 fully saturated rings. The Balaban J connectivity index is 2.51. The van der Waals surface area contributed by atoms with Gasteiger partial charge in [0.2, 0.25) is 0 Å². The van der Waals surface area contributed by atoms with Crippen LogP contribution in [0.4, 0.5) is 0 Å². The number of rotatable bonds is 9. The second-order valence-corrected chi connectivity index (χ2v) is 12.6. The van der Waals surface area contributed by atoms with Crippen LogP contribution in [0.3, 0.4) is 0 Å². The lowest BCUT2D eigenvalue weighted by Gasteiger charge is -2.44. The maximum atomic E-state index is 11.9. The molecule has 0 heterocycles. The highest BCUT2D eigenvalue weighted by molar-refractivity contribution is 6.99. The van der Waals surface area contributed by atoms with Crippen LogP contribution in [0.15, 0.2) is 72.8 Å². The van der Waals surface area contributed by atoms with E-state index >= 15 is 0 Å². The molecule has 0 aromatic heterocycles. The predicted molar refractivity (Wildman–Crippen MR) is 117 cm³/mol. The number of carbonyl (C=O) groups is 1. The Morgan fingerprint density at radius 2 is 1.52 bits per heavy atom. The first-order valence-electron chi connectivity index (χ1n) is 9.70. The molecule has 0 aliphatic heterocycles. The summed E-state index contributed by atoms with van der Waals surface area (Å²) in [7, 11) is -2.66. The first-order chi connectivity index (χ1) is 12.8. The van der Waals surface area contributed by atoms with Crippen molar-refractivity contribution >= 4 is 25.0 Å². The lowest BCUT2D eigenvalue weighted by Crippen LogP contribution is -2.67. The minimum atomic E-state index is -2.66. The monoisotopic (exact) mass is 380 g/mol. The van der Waals surface area contributed by atoms with Gasteiger partial charge >= 0.3 is 0 Å². The average Bonchev–Trinajstić information content (AvgIpc) is 2.64. The highest BCUT2D eigenvalue weighted by atomic mass is 28.4. The van der Waals surface area contributed by atoms with Crippen LogP contribution in [0.5, 0.6) is 0 Å². The molecule has 0 amide bonds. The molecule has 0 N–H and O–H groups in total. The molecule has 2 rings (SSSR count). The lowest BCUT2D eigenvalue weighted by atomic mass is 10.1. The summed E-state index contributed by atoms with van der Waals surface area (Å²) in [5, 5.41) is 2.29. The molecule has 0 aliphatic rings. The minimum Gasteiger partial charge on any atom is -0.398 e. The first-order valence-corrected chi connectivity index (χ1v) is 11.6. The van der Waals surface area contributed by atoms with Crippen LogP contribution in [0, 0.1) is 0 Å². The van der Waals surface area contributed by atoms with Gasteiger partial charge in [0.15, 0.2) is 0 Å². The van der Waals surface area contributed by atoms with Crippen molar-refractivity contribution in [1.29, 1.82) is 0 Å². The zero-order chi connectivity index (χ0) is 19.9. The Morgan fingerprint density at radius 3 is 1.89 bits per heavy atom. The van der Waals surface area contributed by atoms with Crippen LogP contribution < -0.4 is 10.4 Å². The number of carbonyl (C=O) groups excluding carboxylic acids is 1. The molecule has 2 aromatic carbocycles. The fraction of sp³-hybridized carbons (Fsp3) is 0.375. The van der Waals surface area contributed by atoms with Crippen LogP contribution in [0.1, 0.15) is 47.0 Å². The Kier molecular flexibility index (Phi) is 7.34. The number of allylic oxidation sites excluding steroid dienone is 1. The summed E-state index contributed by atoms with van der Waals surface area (Å²) in [5.74, 6) is 0. The number of hydrogen-bond acceptors (Lipinski definition) is 2. The molecule has 0 saturated carbocycles. The van der Waals surface area contributed by atoms with Gasteiger partial charge in [0.25, 0.3) is 8.32 Å². The summed E-state index contributed by atoms with van der Waals surface area (Å²) in [5.41, 5.74) is 1.14. The van der Waals surface area contributed by atoms with Gasteiger partial charge in [-0.05, 0) is 41.6 Å². The van der Waals surface area contributed by atoms with Gasteiger partial charge in [-0.15, -0.1) is 6.58 Å². The molecule has 2 nitrogen and oxygen atoms in total. The van der Waals surface area contributed by atoms with Crippen molar-refractivity contribution < 1.29 is 9.22 Å². The van der Waals surface area contributed by atoms with Crippen LogP contribution >= 0.6 is 0 Å². The van der Waals surface area contributed by atoms with Crippen molar-refractivity contribution in [2.24, 2.45) is 0 Å². The molecule has 0 radical (unpaired) electrons. The van der Waals surface area contributed by atoms with Gasteiger partial charge in [-0.25, -0.2) is 0 Å². The normalized spacial score (nSPS) is 13.2. The maximum Gasteiger partial charge on any atom is 0.262 e. The quantitative estimate of drug-likeness (QED) is 0.352. The largest absolute Gasteiger partial charge is 0.398 e. The SMILES string of the molecule is C=C(C)CCC[C@@H](C=O)O[Si](c1ccccc1)(c1ccccc1)C(C)(C)C. The molecule has 3 heteroatoms. The predicted octanol–water partition coefficient (Wildman–Crippen LogP) is 4.88. The second kappa shape index (κ2) is 9.29. The molecule has 0 aliphatic carbocycles. The molecule has 1 atom stereocenters. The molecule has 27 heavy (non-hydrogen) atoms. The van der Waals surface area contributed by atoms with Crippen LogP contribution in [0.25, 0.3) is 0 Å². The molecule has 0 bridgehead atoms. The molecule has 2 aromatic rings. The standard InChI is InChI=1S/C24H32O2Si/c1-20(2)13-12-14-21(19-25)26-27(24(3,4)5,22-15-8-6-9-16-22)23-17-10-7-11-18-23/h6-11,15-19,21H,1,12-14H2,2-5H3/t21-/m0/s1. The third-order valence-electron chi connectivity index (χ3n) is 4.99. The van der Waals surface area contributed by atoms with Crippen molar-refractivity contribution in [3.63, 3.8) is 0 Å². The van der Waals surface area contributed by atoms with E-state index in [1.54, 1.807) is 0 Å². The fourth-order valence-corrected chi connectivity index (χ4v) is 8.32. The third kappa shape index (κ3) is 5.05. The molecular weight excluding hydrogens is 348 g/mol. The average molecular weight is 381 g/mol. The highest BCUT2D eigenvalue weighted by Crippen LogP contribution is 2.37. The van der Waals surface area contributed by atoms with E-state index in [0.717, 1.165) is 31.1 Å². The Labute approximate surface area is 165 Å². The van der Waals surface area contributed by atoms with E-state index in [2.05, 4.69) is 75.9 Å². The van der Waals surface area contributed by atoms with E-state index < -0.39 is 14.4 Å². The van der Waals surface area contributed by atoms with Crippen LogP contribution in [-0.4, -0.2) is 20.7 Å². The summed E-state index contributed by atoms with van der Waals surface area (Å²) >= 11 is 0. The van der Waals surface area contributed by atoms with Crippen molar-refractivity contribution in [3.8, 4) is 0 Å². The van der Waals surface area contributed by atoms with Gasteiger partial charge in [0.05, 0.1) is 0 Å². The van der Waals surface area contributed by atoms with E-state index in [-0.39, 0.29) is 5.04 Å². The summed E-state index contributed by atoms with van der Waals surface area (Å²) in [4.78, 5) is 11.9. The topological polar surface area (TPSA) is 26.3 Å². The Bertz CT molecular complexity index is 692. The van der Waals surface area contributed by atoms with Crippen molar-refractivity contribution in [1.82, 2.24) is 0 Å². The van der Waals surface area contributed by atoms with E-state index in [1.165, 1.54) is 10.4 Å². The molecule has 0 saturated heterocycles. The second-order valence-electron chi connectivity index (χ2n) is 8.30. The van der Waals surface area contributed by atoms with Crippen LogP contribution in [0.2, 0.25) is 5.04 Å². The maximum absolute atomic E-state index is 11.9. The van der Waals surface area contributed by atoms with E-state index in [0.29, 0.717) is 0 Å². The van der Waals surface area contributed by atoms with Gasteiger partial charge in [0, 0.05) is 0 Å². The van der Waals surface area contributed by atoms with Gasteiger partial charge in [-0.2, -0.15) is 0 Å². The third-order valence-corrected chi connectivity index (χ3v) is 10.1. The highest BCUT2D eigenvalue weighted by Gasteiger charge is 2.51. The zero-order valence-corrected chi connectivity index (χ0v) is 18.1. The molecular formula is C24H32O2Si. The smallest absolute Gasteiger partial charge is 0.262 e. The summed E-state index contributed by atoms with van der Waals surface area (Å²) < 4.78 is 6.85. The number of benzene rings is 2. The van der Waals surface area contributed by atoms with Crippen molar-refractivity contribution in [2.75, 3.05) is 0 Å². The van der Waals surface area contributed by atoms with E-state index in [4.69, 9.17) is 4.43 Å². The number of aldehydes is 1. The van der Waals surface area contributed by atoms with Gasteiger partial charge in [-0.1, -0.05) is 87.0 Å². The fourth-order valence-electron chi connectivity index (χ4n) is 3.68. The molecule has 144 valence electrons.